The Bertz CT molecular complexity index is 1180. The molecule has 0 bridgehead atoms. The van der Waals surface area contributed by atoms with Crippen molar-refractivity contribution in [1.82, 2.24) is 19.9 Å². The molecule has 0 radical (unpaired) electrons. The van der Waals surface area contributed by atoms with E-state index in [1.54, 1.807) is 0 Å². The molecule has 1 aromatic carbocycles. The van der Waals surface area contributed by atoms with Gasteiger partial charge in [-0.05, 0) is 57.5 Å². The molecular formula is C24H29F3N6O2. The number of unbranched alkanes of at least 4 members (excludes halogenated alkanes) is 2. The summed E-state index contributed by atoms with van der Waals surface area (Å²) < 4.78 is 41.5. The quantitative estimate of drug-likeness (QED) is 0.329. The summed E-state index contributed by atoms with van der Waals surface area (Å²) in [6.45, 7) is 3.42. The van der Waals surface area contributed by atoms with E-state index < -0.39 is 17.7 Å². The van der Waals surface area contributed by atoms with E-state index in [0.717, 1.165) is 57.9 Å². The number of carboxylic acids is 1. The molecule has 0 aliphatic carbocycles. The number of fused-ring (bicyclic) bond motifs is 1. The number of aromatic nitrogens is 3. The molecule has 0 amide bonds. The van der Waals surface area contributed by atoms with Gasteiger partial charge >= 0.3 is 12.1 Å². The maximum atomic E-state index is 13.8. The highest BCUT2D eigenvalue weighted by atomic mass is 19.4. The average molecular weight is 491 g/mol. The van der Waals surface area contributed by atoms with Crippen LogP contribution in [-0.4, -0.2) is 63.1 Å². The van der Waals surface area contributed by atoms with Gasteiger partial charge in [-0.1, -0.05) is 12.5 Å². The summed E-state index contributed by atoms with van der Waals surface area (Å²) in [5, 5.41) is 12.9. The van der Waals surface area contributed by atoms with E-state index in [1.165, 1.54) is 24.4 Å². The number of carbonyl (C=O) groups is 1. The Morgan fingerprint density at radius 2 is 2.11 bits per heavy atom. The van der Waals surface area contributed by atoms with E-state index in [9.17, 15) is 23.1 Å². The van der Waals surface area contributed by atoms with Gasteiger partial charge in [-0.15, -0.1) is 0 Å². The van der Waals surface area contributed by atoms with Crippen molar-refractivity contribution in [2.24, 2.45) is 5.73 Å². The minimum atomic E-state index is -4.65. The second-order valence-corrected chi connectivity index (χ2v) is 8.85. The number of likely N-dealkylation sites (tertiary alicyclic amines) is 1. The maximum absolute atomic E-state index is 13.8. The average Bonchev–Trinajstić information content (AvgIpc) is 3.24. The van der Waals surface area contributed by atoms with Crippen LogP contribution in [0.25, 0.3) is 22.2 Å². The Kier molecular flexibility index (Phi) is 7.56. The highest BCUT2D eigenvalue weighted by Gasteiger charge is 2.36. The second-order valence-electron chi connectivity index (χ2n) is 8.85. The van der Waals surface area contributed by atoms with Crippen molar-refractivity contribution in [3.8, 4) is 11.3 Å². The first-order valence-corrected chi connectivity index (χ1v) is 11.7. The van der Waals surface area contributed by atoms with Gasteiger partial charge in [-0.3, -0.25) is 0 Å². The first kappa shape index (κ1) is 24.9. The molecular weight excluding hydrogens is 461 g/mol. The molecule has 1 aliphatic heterocycles. The van der Waals surface area contributed by atoms with Crippen LogP contribution in [0.5, 0.6) is 0 Å². The van der Waals surface area contributed by atoms with Crippen LogP contribution >= 0.6 is 0 Å². The number of aromatic carboxylic acids is 1. The number of nitrogens with one attached hydrogen (secondary N) is 2. The number of aromatic amines is 1. The number of alkyl halides is 3. The van der Waals surface area contributed by atoms with Crippen LogP contribution in [0, 0.1) is 0 Å². The number of carboxylic acid groups (broad SMARTS) is 1. The van der Waals surface area contributed by atoms with Crippen molar-refractivity contribution in [3.63, 3.8) is 0 Å². The number of hydrogen-bond acceptors (Lipinski definition) is 6. The van der Waals surface area contributed by atoms with Crippen LogP contribution in [0.15, 0.2) is 30.6 Å². The number of H-pyrrole nitrogens is 1. The number of benzene rings is 1. The van der Waals surface area contributed by atoms with Crippen LogP contribution in [0.4, 0.5) is 19.1 Å². The number of anilines is 1. The SMILES string of the molecule is NCCCCCN1CCC[C@H](Nc2ncc(C(F)(F)F)c(-c3c[nH]c4cc(C(=O)O)ccc34)n2)C1. The molecule has 8 nitrogen and oxygen atoms in total. The Morgan fingerprint density at radius 1 is 1.29 bits per heavy atom. The monoisotopic (exact) mass is 490 g/mol. The van der Waals surface area contributed by atoms with E-state index >= 15 is 0 Å². The lowest BCUT2D eigenvalue weighted by Crippen LogP contribution is -2.42. The molecule has 5 N–H and O–H groups in total. The standard InChI is InChI=1S/C24H29F3N6O2/c25-24(26,27)19-13-30-23(31-16-5-4-10-33(14-16)9-3-1-2-8-28)32-21(19)18-12-29-20-11-15(22(34)35)6-7-17(18)20/h6-7,11-13,16,29H,1-5,8-10,14,28H2,(H,34,35)(H,30,31,32)/t16-/m0/s1. The molecule has 2 aromatic heterocycles. The van der Waals surface area contributed by atoms with Crippen molar-refractivity contribution in [1.29, 1.82) is 0 Å². The van der Waals surface area contributed by atoms with Crippen LogP contribution < -0.4 is 11.1 Å². The van der Waals surface area contributed by atoms with Crippen molar-refractivity contribution in [2.75, 3.05) is 31.5 Å². The van der Waals surface area contributed by atoms with Gasteiger partial charge in [0.05, 0.1) is 11.3 Å². The van der Waals surface area contributed by atoms with E-state index in [4.69, 9.17) is 5.73 Å². The summed E-state index contributed by atoms with van der Waals surface area (Å²) in [6, 6.07) is 4.27. The number of hydrogen-bond donors (Lipinski definition) is 4. The Labute approximate surface area is 200 Å². The fraction of sp³-hybridized carbons (Fsp3) is 0.458. The van der Waals surface area contributed by atoms with Gasteiger partial charge in [-0.2, -0.15) is 13.2 Å². The fourth-order valence-corrected chi connectivity index (χ4v) is 4.53. The van der Waals surface area contributed by atoms with Crippen molar-refractivity contribution in [3.05, 3.63) is 41.7 Å². The van der Waals surface area contributed by atoms with Crippen molar-refractivity contribution >= 4 is 22.8 Å². The zero-order valence-electron chi connectivity index (χ0n) is 19.2. The molecule has 0 unspecified atom stereocenters. The first-order chi connectivity index (χ1) is 16.8. The van der Waals surface area contributed by atoms with Crippen molar-refractivity contribution in [2.45, 2.75) is 44.3 Å². The van der Waals surface area contributed by atoms with Crippen molar-refractivity contribution < 1.29 is 23.1 Å². The minimum Gasteiger partial charge on any atom is -0.478 e. The number of piperidine rings is 1. The largest absolute Gasteiger partial charge is 0.478 e. The van der Waals surface area contributed by atoms with Gasteiger partial charge in [0.1, 0.15) is 5.56 Å². The number of rotatable bonds is 9. The van der Waals surface area contributed by atoms with Crippen LogP contribution in [0.3, 0.4) is 0 Å². The van der Waals surface area contributed by atoms with Crippen LogP contribution in [0.1, 0.15) is 48.0 Å². The molecule has 1 atom stereocenters. The van der Waals surface area contributed by atoms with E-state index in [-0.39, 0.29) is 28.8 Å². The molecule has 35 heavy (non-hydrogen) atoms. The predicted molar refractivity (Wildman–Crippen MR) is 127 cm³/mol. The molecule has 0 spiro atoms. The summed E-state index contributed by atoms with van der Waals surface area (Å²) in [5.74, 6) is -0.979. The topological polar surface area (TPSA) is 120 Å². The van der Waals surface area contributed by atoms with E-state index in [0.29, 0.717) is 17.4 Å². The fourth-order valence-electron chi connectivity index (χ4n) is 4.53. The number of halogens is 3. The maximum Gasteiger partial charge on any atom is 0.419 e. The molecule has 3 aromatic rings. The zero-order valence-corrected chi connectivity index (χ0v) is 19.2. The van der Waals surface area contributed by atoms with Gasteiger partial charge in [0.15, 0.2) is 0 Å². The lowest BCUT2D eigenvalue weighted by molar-refractivity contribution is -0.137. The molecule has 1 saturated heterocycles. The highest BCUT2D eigenvalue weighted by molar-refractivity contribution is 5.99. The second kappa shape index (κ2) is 10.6. The molecule has 1 fully saturated rings. The van der Waals surface area contributed by atoms with E-state index in [2.05, 4.69) is 25.2 Å². The number of nitrogens with zero attached hydrogens (tertiary/aromatic N) is 3. The van der Waals surface area contributed by atoms with Gasteiger partial charge < -0.3 is 26.0 Å². The Hall–Kier alpha value is -3.18. The molecule has 3 heterocycles. The van der Waals surface area contributed by atoms with Crippen LogP contribution in [0.2, 0.25) is 0 Å². The molecule has 188 valence electrons. The van der Waals surface area contributed by atoms with Gasteiger partial charge in [-0.25, -0.2) is 14.8 Å². The normalized spacial score (nSPS) is 17.1. The summed E-state index contributed by atoms with van der Waals surface area (Å²) in [7, 11) is 0. The van der Waals surface area contributed by atoms with Gasteiger partial charge in [0.25, 0.3) is 0 Å². The van der Waals surface area contributed by atoms with Crippen LogP contribution in [-0.2, 0) is 6.18 Å². The lowest BCUT2D eigenvalue weighted by Gasteiger charge is -2.33. The summed E-state index contributed by atoms with van der Waals surface area (Å²) in [4.78, 5) is 24.7. The zero-order chi connectivity index (χ0) is 25.0. The summed E-state index contributed by atoms with van der Waals surface area (Å²) in [5.41, 5.74) is 5.05. The smallest absolute Gasteiger partial charge is 0.419 e. The molecule has 1 aliphatic rings. The molecule has 4 rings (SSSR count). The summed E-state index contributed by atoms with van der Waals surface area (Å²) in [6.07, 6.45) is 2.58. The first-order valence-electron chi connectivity index (χ1n) is 11.7. The third-order valence-electron chi connectivity index (χ3n) is 6.30. The Balaban J connectivity index is 1.59. The predicted octanol–water partition coefficient (Wildman–Crippen LogP) is 4.35. The molecule has 11 heteroatoms. The third kappa shape index (κ3) is 5.91. The summed E-state index contributed by atoms with van der Waals surface area (Å²) >= 11 is 0. The molecule has 0 saturated carbocycles. The van der Waals surface area contributed by atoms with E-state index in [1.807, 2.05) is 0 Å². The van der Waals surface area contributed by atoms with Gasteiger partial charge in [0.2, 0.25) is 5.95 Å². The Morgan fingerprint density at radius 3 is 2.86 bits per heavy atom. The number of nitrogens with two attached hydrogens (primary N) is 1. The third-order valence-corrected chi connectivity index (χ3v) is 6.30. The highest BCUT2D eigenvalue weighted by Crippen LogP contribution is 2.39. The van der Waals surface area contributed by atoms with Gasteiger partial charge in [0, 0.05) is 41.4 Å². The minimum absolute atomic E-state index is 0.0314. The lowest BCUT2D eigenvalue weighted by atomic mass is 10.0.